The number of amides is 1. The summed E-state index contributed by atoms with van der Waals surface area (Å²) in [7, 11) is 0. The molecule has 2 unspecified atom stereocenters. The predicted molar refractivity (Wildman–Crippen MR) is 163 cm³/mol. The number of anilines is 2. The molecule has 1 amide bonds. The smallest absolute Gasteiger partial charge is 0.221 e. The van der Waals surface area contributed by atoms with Crippen LogP contribution in [0.5, 0.6) is 0 Å². The fraction of sp³-hybridized carbons (Fsp3) is 0.281. The second kappa shape index (κ2) is 12.4. The fourth-order valence-corrected chi connectivity index (χ4v) is 5.48. The van der Waals surface area contributed by atoms with Crippen LogP contribution in [0.15, 0.2) is 66.7 Å². The van der Waals surface area contributed by atoms with Crippen LogP contribution < -0.4 is 16.4 Å². The van der Waals surface area contributed by atoms with Crippen molar-refractivity contribution < 1.29 is 4.79 Å². The van der Waals surface area contributed by atoms with E-state index in [0.29, 0.717) is 22.7 Å². The molecule has 200 valence electrons. The fourth-order valence-electron chi connectivity index (χ4n) is 5.31. The van der Waals surface area contributed by atoms with Crippen LogP contribution in [0.1, 0.15) is 44.0 Å². The molecule has 4 aromatic rings. The van der Waals surface area contributed by atoms with Gasteiger partial charge in [-0.05, 0) is 90.7 Å². The summed E-state index contributed by atoms with van der Waals surface area (Å²) >= 11 is 6.30. The van der Waals surface area contributed by atoms with E-state index in [9.17, 15) is 4.79 Å². The minimum atomic E-state index is -0.0848. The van der Waals surface area contributed by atoms with Crippen LogP contribution in [-0.2, 0) is 4.79 Å². The highest BCUT2D eigenvalue weighted by Crippen LogP contribution is 2.30. The van der Waals surface area contributed by atoms with Gasteiger partial charge in [-0.3, -0.25) is 4.79 Å². The van der Waals surface area contributed by atoms with Crippen LogP contribution >= 0.6 is 11.6 Å². The maximum Gasteiger partial charge on any atom is 0.221 e. The minimum Gasteiger partial charge on any atom is -0.369 e. The van der Waals surface area contributed by atoms with Gasteiger partial charge in [0.2, 0.25) is 5.91 Å². The zero-order valence-electron chi connectivity index (χ0n) is 22.2. The van der Waals surface area contributed by atoms with E-state index in [4.69, 9.17) is 27.3 Å². The summed E-state index contributed by atoms with van der Waals surface area (Å²) in [6.45, 7) is 3.15. The molecule has 7 heteroatoms. The molecule has 3 aromatic carbocycles. The summed E-state index contributed by atoms with van der Waals surface area (Å²) < 4.78 is 0. The highest BCUT2D eigenvalue weighted by Gasteiger charge is 2.21. The molecule has 2 atom stereocenters. The zero-order chi connectivity index (χ0) is 27.2. The van der Waals surface area contributed by atoms with Crippen molar-refractivity contribution in [3.05, 3.63) is 83.1 Å². The lowest BCUT2D eigenvalue weighted by Gasteiger charge is -2.28. The molecule has 0 bridgehead atoms. The Hall–Kier alpha value is -3.74. The van der Waals surface area contributed by atoms with Gasteiger partial charge in [0.05, 0.1) is 5.52 Å². The molecule has 1 heterocycles. The standard InChI is InChI=1S/C32H34ClN5O/c1-21(39)36-28-7-3-6-26(17-28)25-11-8-22(9-12-25)10-15-31-37-30-18-27(33)13-14-29(30)32(38-31)35-20-24-5-2-4-23(16-24)19-34/h3,6-15,17-18,23-24H,2,4-5,16,19-20,34H2,1H3,(H,36,39)(H,35,37,38). The van der Waals surface area contributed by atoms with Crippen molar-refractivity contribution >= 4 is 52.1 Å². The van der Waals surface area contributed by atoms with Gasteiger partial charge >= 0.3 is 0 Å². The number of benzene rings is 3. The van der Waals surface area contributed by atoms with Gasteiger partial charge in [0.15, 0.2) is 5.82 Å². The maximum absolute atomic E-state index is 11.4. The first-order valence-corrected chi connectivity index (χ1v) is 13.9. The Morgan fingerprint density at radius 1 is 1.00 bits per heavy atom. The number of nitrogens with zero attached hydrogens (tertiary/aromatic N) is 2. The number of rotatable bonds is 8. The molecule has 1 aliphatic rings. The largest absolute Gasteiger partial charge is 0.369 e. The molecule has 0 saturated heterocycles. The van der Waals surface area contributed by atoms with Gasteiger partial charge in [0, 0.05) is 29.6 Å². The van der Waals surface area contributed by atoms with E-state index in [2.05, 4.69) is 34.9 Å². The molecular weight excluding hydrogens is 506 g/mol. The maximum atomic E-state index is 11.4. The van der Waals surface area contributed by atoms with E-state index < -0.39 is 0 Å². The van der Waals surface area contributed by atoms with Crippen molar-refractivity contribution in [2.45, 2.75) is 32.6 Å². The Balaban J connectivity index is 1.34. The zero-order valence-corrected chi connectivity index (χ0v) is 22.9. The molecule has 0 aliphatic heterocycles. The van der Waals surface area contributed by atoms with Gasteiger partial charge in [-0.25, -0.2) is 9.97 Å². The summed E-state index contributed by atoms with van der Waals surface area (Å²) in [6, 6.07) is 21.8. The summed E-state index contributed by atoms with van der Waals surface area (Å²) in [6.07, 6.45) is 8.81. The molecule has 1 aromatic heterocycles. The number of aromatic nitrogens is 2. The van der Waals surface area contributed by atoms with Crippen molar-refractivity contribution in [2.24, 2.45) is 17.6 Å². The lowest BCUT2D eigenvalue weighted by molar-refractivity contribution is -0.114. The van der Waals surface area contributed by atoms with Crippen molar-refractivity contribution in [3.8, 4) is 11.1 Å². The van der Waals surface area contributed by atoms with E-state index in [0.717, 1.165) is 52.2 Å². The molecule has 0 spiro atoms. The Labute approximate surface area is 234 Å². The van der Waals surface area contributed by atoms with Crippen LogP contribution in [0.3, 0.4) is 0 Å². The molecule has 1 saturated carbocycles. The molecule has 4 N–H and O–H groups in total. The Bertz CT molecular complexity index is 1480. The van der Waals surface area contributed by atoms with E-state index in [1.54, 1.807) is 0 Å². The van der Waals surface area contributed by atoms with Crippen LogP contribution in [0.25, 0.3) is 34.2 Å². The van der Waals surface area contributed by atoms with Crippen molar-refractivity contribution in [3.63, 3.8) is 0 Å². The first-order chi connectivity index (χ1) is 19.0. The Kier molecular flexibility index (Phi) is 8.54. The third-order valence-electron chi connectivity index (χ3n) is 7.31. The molecular formula is C32H34ClN5O. The molecule has 6 nitrogen and oxygen atoms in total. The molecule has 0 radical (unpaired) electrons. The van der Waals surface area contributed by atoms with Gasteiger partial charge in [0.1, 0.15) is 5.82 Å². The third kappa shape index (κ3) is 7.02. The van der Waals surface area contributed by atoms with Crippen LogP contribution in [0.2, 0.25) is 5.02 Å². The summed E-state index contributed by atoms with van der Waals surface area (Å²) in [5, 5.41) is 8.06. The number of nitrogens with two attached hydrogens (primary N) is 1. The summed E-state index contributed by atoms with van der Waals surface area (Å²) in [5.41, 5.74) is 10.7. The third-order valence-corrected chi connectivity index (χ3v) is 7.55. The van der Waals surface area contributed by atoms with Crippen molar-refractivity contribution in [1.82, 2.24) is 9.97 Å². The van der Waals surface area contributed by atoms with E-state index in [1.165, 1.54) is 32.6 Å². The number of hydrogen-bond donors (Lipinski definition) is 3. The van der Waals surface area contributed by atoms with Gasteiger partial charge in [-0.1, -0.05) is 60.5 Å². The van der Waals surface area contributed by atoms with Crippen LogP contribution in [0.4, 0.5) is 11.5 Å². The summed E-state index contributed by atoms with van der Waals surface area (Å²) in [5.74, 6) is 2.60. The number of halogens is 1. The van der Waals surface area contributed by atoms with Gasteiger partial charge in [0.25, 0.3) is 0 Å². The molecule has 39 heavy (non-hydrogen) atoms. The number of carbonyl (C=O) groups excluding carboxylic acids is 1. The van der Waals surface area contributed by atoms with Crippen LogP contribution in [-0.4, -0.2) is 29.0 Å². The van der Waals surface area contributed by atoms with E-state index in [-0.39, 0.29) is 5.91 Å². The Morgan fingerprint density at radius 2 is 1.82 bits per heavy atom. The SMILES string of the molecule is CC(=O)Nc1cccc(-c2ccc(C=Cc3nc(NCC4CCCC(CN)C4)c4ccc(Cl)cc4n3)cc2)c1. The minimum absolute atomic E-state index is 0.0848. The normalized spacial score (nSPS) is 17.4. The van der Waals surface area contributed by atoms with Gasteiger partial charge in [-0.2, -0.15) is 0 Å². The topological polar surface area (TPSA) is 92.9 Å². The van der Waals surface area contributed by atoms with Gasteiger partial charge in [-0.15, -0.1) is 0 Å². The number of nitrogens with one attached hydrogen (secondary N) is 2. The average molecular weight is 540 g/mol. The highest BCUT2D eigenvalue weighted by atomic mass is 35.5. The van der Waals surface area contributed by atoms with E-state index >= 15 is 0 Å². The Morgan fingerprint density at radius 3 is 2.62 bits per heavy atom. The number of carbonyl (C=O) groups is 1. The second-order valence-corrected chi connectivity index (χ2v) is 10.8. The van der Waals surface area contributed by atoms with Crippen molar-refractivity contribution in [1.29, 1.82) is 0 Å². The summed E-state index contributed by atoms with van der Waals surface area (Å²) in [4.78, 5) is 21.0. The van der Waals surface area contributed by atoms with Crippen LogP contribution in [0, 0.1) is 11.8 Å². The lowest BCUT2D eigenvalue weighted by atomic mass is 9.81. The molecule has 1 fully saturated rings. The number of fused-ring (bicyclic) bond motifs is 1. The first-order valence-electron chi connectivity index (χ1n) is 13.5. The average Bonchev–Trinajstić information content (AvgIpc) is 2.94. The number of hydrogen-bond acceptors (Lipinski definition) is 5. The lowest BCUT2D eigenvalue weighted by Crippen LogP contribution is -2.26. The first kappa shape index (κ1) is 26.9. The molecule has 1 aliphatic carbocycles. The van der Waals surface area contributed by atoms with Gasteiger partial charge < -0.3 is 16.4 Å². The highest BCUT2D eigenvalue weighted by molar-refractivity contribution is 6.31. The van der Waals surface area contributed by atoms with E-state index in [1.807, 2.05) is 54.6 Å². The van der Waals surface area contributed by atoms with Crippen molar-refractivity contribution in [2.75, 3.05) is 23.7 Å². The monoisotopic (exact) mass is 539 g/mol. The quantitative estimate of drug-likeness (QED) is 0.219. The second-order valence-electron chi connectivity index (χ2n) is 10.3. The molecule has 5 rings (SSSR count). The predicted octanol–water partition coefficient (Wildman–Crippen LogP) is 7.26.